The molecule has 2 nitrogen and oxygen atoms in total. The minimum Gasteiger partial charge on any atom is -0.271 e. The van der Waals surface area contributed by atoms with E-state index in [9.17, 15) is 0 Å². The number of nitrogens with two attached hydrogens (primary N) is 1. The fraction of sp³-hybridized carbons (Fsp3) is 0.500. The Labute approximate surface area is 110 Å². The predicted octanol–water partition coefficient (Wildman–Crippen LogP) is 3.80. The summed E-state index contributed by atoms with van der Waals surface area (Å²) in [5.41, 5.74) is 3.95. The van der Waals surface area contributed by atoms with E-state index in [0.717, 1.165) is 27.4 Å². The van der Waals surface area contributed by atoms with Gasteiger partial charge in [0.1, 0.15) is 0 Å². The Balaban J connectivity index is 2.05. The highest BCUT2D eigenvalue weighted by Gasteiger charge is 2.23. The molecule has 1 atom stereocenters. The highest BCUT2D eigenvalue weighted by Crippen LogP contribution is 2.37. The molecular weight excluding hydrogens is 288 g/mol. The lowest BCUT2D eigenvalue weighted by atomic mass is 10.0. The van der Waals surface area contributed by atoms with Gasteiger partial charge in [0.25, 0.3) is 0 Å². The summed E-state index contributed by atoms with van der Waals surface area (Å²) in [7, 11) is 0. The molecule has 16 heavy (non-hydrogen) atoms. The van der Waals surface area contributed by atoms with Crippen molar-refractivity contribution in [3.05, 3.63) is 33.3 Å². The van der Waals surface area contributed by atoms with Crippen molar-refractivity contribution in [2.24, 2.45) is 11.8 Å². The van der Waals surface area contributed by atoms with Gasteiger partial charge in [0.05, 0.1) is 0 Å². The molecule has 4 heteroatoms. The second-order valence-corrected chi connectivity index (χ2v) is 5.73. The van der Waals surface area contributed by atoms with E-state index >= 15 is 0 Å². The summed E-state index contributed by atoms with van der Waals surface area (Å²) in [5, 5.41) is 0.771. The maximum absolute atomic E-state index is 6.21. The Morgan fingerprint density at radius 1 is 1.50 bits per heavy atom. The number of nitrogens with one attached hydrogen (secondary N) is 1. The summed E-state index contributed by atoms with van der Waals surface area (Å²) in [6, 6.07) is 6.12. The number of hydrogen-bond donors (Lipinski definition) is 2. The maximum Gasteiger partial charge on any atom is 0.0474 e. The summed E-state index contributed by atoms with van der Waals surface area (Å²) >= 11 is 9.61. The Morgan fingerprint density at radius 2 is 2.25 bits per heavy atom. The van der Waals surface area contributed by atoms with Crippen molar-refractivity contribution in [1.29, 1.82) is 0 Å². The van der Waals surface area contributed by atoms with Crippen molar-refractivity contribution < 1.29 is 0 Å². The van der Waals surface area contributed by atoms with Gasteiger partial charge in [-0.05, 0) is 36.5 Å². The van der Waals surface area contributed by atoms with Gasteiger partial charge in [-0.3, -0.25) is 11.3 Å². The fourth-order valence-corrected chi connectivity index (χ4v) is 2.73. The van der Waals surface area contributed by atoms with Crippen LogP contribution in [0, 0.1) is 5.92 Å². The Bertz CT molecular complexity index is 366. The molecule has 1 aliphatic rings. The number of halogens is 2. The third-order valence-electron chi connectivity index (χ3n) is 3.10. The summed E-state index contributed by atoms with van der Waals surface area (Å²) in [4.78, 5) is 0. The molecule has 1 saturated carbocycles. The molecule has 0 bridgehead atoms. The second kappa shape index (κ2) is 5.50. The first kappa shape index (κ1) is 12.4. The van der Waals surface area contributed by atoms with E-state index in [1.165, 1.54) is 19.3 Å². The molecule has 88 valence electrons. The van der Waals surface area contributed by atoms with Crippen LogP contribution in [0.2, 0.25) is 5.02 Å². The second-order valence-electron chi connectivity index (χ2n) is 4.41. The van der Waals surface area contributed by atoms with Crippen LogP contribution in [-0.4, -0.2) is 0 Å². The van der Waals surface area contributed by atoms with Crippen LogP contribution in [-0.2, 0) is 0 Å². The molecule has 0 aliphatic heterocycles. The molecule has 1 fully saturated rings. The average Bonchev–Trinajstić information content (AvgIpc) is 3.05. The van der Waals surface area contributed by atoms with E-state index in [1.807, 2.05) is 18.2 Å². The molecule has 3 N–H and O–H groups in total. The van der Waals surface area contributed by atoms with Gasteiger partial charge < -0.3 is 0 Å². The van der Waals surface area contributed by atoms with Crippen LogP contribution in [0.3, 0.4) is 0 Å². The third-order valence-corrected chi connectivity index (χ3v) is 3.92. The van der Waals surface area contributed by atoms with Crippen molar-refractivity contribution in [1.82, 2.24) is 5.43 Å². The van der Waals surface area contributed by atoms with E-state index in [2.05, 4.69) is 21.4 Å². The first-order valence-electron chi connectivity index (χ1n) is 5.62. The number of hydrogen-bond acceptors (Lipinski definition) is 2. The van der Waals surface area contributed by atoms with Crippen molar-refractivity contribution in [3.63, 3.8) is 0 Å². The largest absolute Gasteiger partial charge is 0.271 e. The zero-order valence-electron chi connectivity index (χ0n) is 9.05. The number of hydrazine groups is 1. The zero-order chi connectivity index (χ0) is 11.5. The van der Waals surface area contributed by atoms with Crippen molar-refractivity contribution in [2.45, 2.75) is 31.7 Å². The summed E-state index contributed by atoms with van der Waals surface area (Å²) in [5.74, 6) is 6.52. The molecule has 0 spiro atoms. The highest BCUT2D eigenvalue weighted by molar-refractivity contribution is 9.10. The normalized spacial score (nSPS) is 17.4. The van der Waals surface area contributed by atoms with Crippen molar-refractivity contribution >= 4 is 27.5 Å². The van der Waals surface area contributed by atoms with E-state index in [-0.39, 0.29) is 6.04 Å². The van der Waals surface area contributed by atoms with Crippen LogP contribution < -0.4 is 11.3 Å². The van der Waals surface area contributed by atoms with E-state index < -0.39 is 0 Å². The molecular formula is C12H16BrClN2. The molecule has 1 aromatic carbocycles. The Kier molecular flexibility index (Phi) is 4.25. The van der Waals surface area contributed by atoms with Gasteiger partial charge in [0, 0.05) is 15.5 Å². The lowest BCUT2D eigenvalue weighted by Crippen LogP contribution is -2.28. The predicted molar refractivity (Wildman–Crippen MR) is 71.2 cm³/mol. The monoisotopic (exact) mass is 302 g/mol. The molecule has 0 aromatic heterocycles. The molecule has 1 aliphatic carbocycles. The van der Waals surface area contributed by atoms with Crippen LogP contribution in [0.5, 0.6) is 0 Å². The lowest BCUT2D eigenvalue weighted by Gasteiger charge is -2.17. The van der Waals surface area contributed by atoms with E-state index in [4.69, 9.17) is 17.4 Å². The van der Waals surface area contributed by atoms with Crippen LogP contribution in [0.15, 0.2) is 22.7 Å². The summed E-state index contributed by atoms with van der Waals surface area (Å²) in [6.07, 6.45) is 5.06. The van der Waals surface area contributed by atoms with Gasteiger partial charge in [-0.2, -0.15) is 0 Å². The van der Waals surface area contributed by atoms with Crippen LogP contribution >= 0.6 is 27.5 Å². The molecule has 0 radical (unpaired) electrons. The summed E-state index contributed by atoms with van der Waals surface area (Å²) in [6.45, 7) is 0. The number of benzene rings is 1. The summed E-state index contributed by atoms with van der Waals surface area (Å²) < 4.78 is 0.999. The number of rotatable bonds is 5. The van der Waals surface area contributed by atoms with Gasteiger partial charge in [-0.25, -0.2) is 0 Å². The zero-order valence-corrected chi connectivity index (χ0v) is 11.4. The average molecular weight is 304 g/mol. The molecule has 1 aromatic rings. The smallest absolute Gasteiger partial charge is 0.0474 e. The van der Waals surface area contributed by atoms with E-state index in [0.29, 0.717) is 0 Å². The minimum atomic E-state index is 0.168. The standard InChI is InChI=1S/C12H16BrClN2/c13-9-4-5-10(11(14)7-9)12(16-15)6-3-8-1-2-8/h4-5,7-8,12,16H,1-3,6,15H2. The quantitative estimate of drug-likeness (QED) is 0.641. The van der Waals surface area contributed by atoms with Gasteiger partial charge in [-0.1, -0.05) is 46.4 Å². The van der Waals surface area contributed by atoms with Gasteiger partial charge in [0.15, 0.2) is 0 Å². The van der Waals surface area contributed by atoms with Crippen LogP contribution in [0.4, 0.5) is 0 Å². The SMILES string of the molecule is NNC(CCC1CC1)c1ccc(Br)cc1Cl. The molecule has 0 saturated heterocycles. The minimum absolute atomic E-state index is 0.168. The Hall–Kier alpha value is -0.0900. The molecule has 0 heterocycles. The van der Waals surface area contributed by atoms with Crippen LogP contribution in [0.25, 0.3) is 0 Å². The first-order valence-corrected chi connectivity index (χ1v) is 6.79. The first-order chi connectivity index (χ1) is 7.70. The van der Waals surface area contributed by atoms with Gasteiger partial charge in [-0.15, -0.1) is 0 Å². The molecule has 2 rings (SSSR count). The van der Waals surface area contributed by atoms with Crippen molar-refractivity contribution in [3.8, 4) is 0 Å². The van der Waals surface area contributed by atoms with Gasteiger partial charge in [0.2, 0.25) is 0 Å². The highest BCUT2D eigenvalue weighted by atomic mass is 79.9. The molecule has 0 amide bonds. The Morgan fingerprint density at radius 3 is 2.81 bits per heavy atom. The fourth-order valence-electron chi connectivity index (χ4n) is 1.92. The van der Waals surface area contributed by atoms with Crippen LogP contribution in [0.1, 0.15) is 37.3 Å². The lowest BCUT2D eigenvalue weighted by molar-refractivity contribution is 0.482. The van der Waals surface area contributed by atoms with Crippen molar-refractivity contribution in [2.75, 3.05) is 0 Å². The van der Waals surface area contributed by atoms with Gasteiger partial charge >= 0.3 is 0 Å². The van der Waals surface area contributed by atoms with E-state index in [1.54, 1.807) is 0 Å². The maximum atomic E-state index is 6.21. The molecule has 1 unspecified atom stereocenters. The third kappa shape index (κ3) is 3.20. The topological polar surface area (TPSA) is 38.0 Å².